The lowest BCUT2D eigenvalue weighted by Gasteiger charge is -2.13. The van der Waals surface area contributed by atoms with Crippen LogP contribution in [-0.2, 0) is 6.54 Å². The van der Waals surface area contributed by atoms with E-state index in [9.17, 15) is 0 Å². The van der Waals surface area contributed by atoms with Gasteiger partial charge < -0.3 is 9.88 Å². The summed E-state index contributed by atoms with van der Waals surface area (Å²) in [6.45, 7) is 11.6. The van der Waals surface area contributed by atoms with Gasteiger partial charge in [-0.05, 0) is 43.9 Å². The van der Waals surface area contributed by atoms with Crippen LogP contribution in [0.1, 0.15) is 50.1 Å². The van der Waals surface area contributed by atoms with Crippen LogP contribution < -0.4 is 5.32 Å². The normalized spacial score (nSPS) is 11.5. The van der Waals surface area contributed by atoms with Crippen LogP contribution in [0.25, 0.3) is 22.4 Å². The number of nitrogens with zero attached hydrogens (tertiary/aromatic N) is 4. The molecule has 5 heteroatoms. The highest BCUT2D eigenvalue weighted by atomic mass is 15.1. The summed E-state index contributed by atoms with van der Waals surface area (Å²) in [4.78, 5) is 14.6. The fraction of sp³-hybridized carbons (Fsp3) is 0.450. The number of anilines is 1. The first kappa shape index (κ1) is 17.4. The number of nitrogens with one attached hydrogen (secondary N) is 1. The fourth-order valence-electron chi connectivity index (χ4n) is 3.17. The molecule has 25 heavy (non-hydrogen) atoms. The zero-order chi connectivity index (χ0) is 18.1. The third-order valence-corrected chi connectivity index (χ3v) is 4.51. The van der Waals surface area contributed by atoms with Crippen LogP contribution in [0.4, 0.5) is 5.82 Å². The molecule has 3 heterocycles. The second-order valence-electron chi connectivity index (χ2n) is 6.87. The molecule has 132 valence electrons. The van der Waals surface area contributed by atoms with Crippen LogP contribution in [0.15, 0.2) is 18.3 Å². The minimum absolute atomic E-state index is 0.390. The smallest absolute Gasteiger partial charge is 0.159 e. The molecule has 0 aliphatic rings. The average molecular weight is 337 g/mol. The molecule has 0 aliphatic carbocycles. The molecule has 0 spiro atoms. The van der Waals surface area contributed by atoms with Crippen molar-refractivity contribution in [3.8, 4) is 11.3 Å². The minimum atomic E-state index is 0.390. The van der Waals surface area contributed by atoms with Gasteiger partial charge in [-0.1, -0.05) is 20.8 Å². The van der Waals surface area contributed by atoms with Crippen LogP contribution in [0.3, 0.4) is 0 Å². The first-order chi connectivity index (χ1) is 12.0. The molecule has 0 bridgehead atoms. The Kier molecular flexibility index (Phi) is 4.75. The summed E-state index contributed by atoms with van der Waals surface area (Å²) in [5, 5.41) is 3.22. The predicted molar refractivity (Wildman–Crippen MR) is 104 cm³/mol. The third-order valence-electron chi connectivity index (χ3n) is 4.51. The van der Waals surface area contributed by atoms with Gasteiger partial charge in [0, 0.05) is 31.0 Å². The van der Waals surface area contributed by atoms with Crippen LogP contribution in [0, 0.1) is 13.8 Å². The van der Waals surface area contributed by atoms with Gasteiger partial charge in [0.2, 0.25) is 0 Å². The minimum Gasteiger partial charge on any atom is -0.373 e. The summed E-state index contributed by atoms with van der Waals surface area (Å²) >= 11 is 0. The summed E-state index contributed by atoms with van der Waals surface area (Å²) in [7, 11) is 1.90. The molecular formula is C20H27N5. The molecule has 0 radical (unpaired) electrons. The van der Waals surface area contributed by atoms with Crippen molar-refractivity contribution in [3.05, 3.63) is 35.3 Å². The van der Waals surface area contributed by atoms with Crippen LogP contribution in [0.2, 0.25) is 0 Å². The van der Waals surface area contributed by atoms with E-state index in [1.165, 1.54) is 0 Å². The van der Waals surface area contributed by atoms with Crippen molar-refractivity contribution in [1.82, 2.24) is 19.5 Å². The summed E-state index contributed by atoms with van der Waals surface area (Å²) in [6.07, 6.45) is 3.23. The van der Waals surface area contributed by atoms with Crippen molar-refractivity contribution >= 4 is 17.0 Å². The van der Waals surface area contributed by atoms with E-state index in [1.54, 1.807) is 0 Å². The van der Waals surface area contributed by atoms with Crippen molar-refractivity contribution in [2.45, 2.75) is 53.5 Å². The van der Waals surface area contributed by atoms with Crippen molar-refractivity contribution in [3.63, 3.8) is 0 Å². The lowest BCUT2D eigenvalue weighted by atomic mass is 10.1. The number of rotatable bonds is 5. The van der Waals surface area contributed by atoms with Gasteiger partial charge in [-0.25, -0.2) is 15.0 Å². The van der Waals surface area contributed by atoms with Gasteiger partial charge in [0.25, 0.3) is 0 Å². The van der Waals surface area contributed by atoms with E-state index in [2.05, 4.69) is 55.9 Å². The van der Waals surface area contributed by atoms with Gasteiger partial charge in [0.05, 0.1) is 11.4 Å². The summed E-state index contributed by atoms with van der Waals surface area (Å²) < 4.78 is 2.20. The Bertz CT molecular complexity index is 908. The molecule has 0 saturated carbocycles. The van der Waals surface area contributed by atoms with Crippen LogP contribution in [-0.4, -0.2) is 26.6 Å². The molecule has 1 N–H and O–H groups in total. The first-order valence-corrected chi connectivity index (χ1v) is 8.99. The Hall–Kier alpha value is -2.43. The maximum Gasteiger partial charge on any atom is 0.159 e. The van der Waals surface area contributed by atoms with E-state index in [1.807, 2.05) is 14.0 Å². The molecule has 0 amide bonds. The zero-order valence-corrected chi connectivity index (χ0v) is 16.0. The maximum absolute atomic E-state index is 4.97. The molecule has 5 nitrogen and oxygen atoms in total. The third kappa shape index (κ3) is 3.11. The lowest BCUT2D eigenvalue weighted by molar-refractivity contribution is 0.695. The van der Waals surface area contributed by atoms with Gasteiger partial charge in [0.15, 0.2) is 5.65 Å². The quantitative estimate of drug-likeness (QED) is 0.734. The summed E-state index contributed by atoms with van der Waals surface area (Å²) in [6, 6.07) is 4.19. The number of hydrogen-bond donors (Lipinski definition) is 1. The highest BCUT2D eigenvalue weighted by Crippen LogP contribution is 2.31. The number of pyridine rings is 1. The van der Waals surface area contributed by atoms with Crippen molar-refractivity contribution in [2.24, 2.45) is 0 Å². The molecule has 3 aromatic rings. The predicted octanol–water partition coefficient (Wildman–Crippen LogP) is 4.69. The largest absolute Gasteiger partial charge is 0.373 e. The SMILES string of the molecule is CCCn1cc(C)c2nc(-c3ccc(C(C)C)nc3NC)c(C)nc21. The topological polar surface area (TPSA) is 55.6 Å². The Morgan fingerprint density at radius 1 is 1.12 bits per heavy atom. The second-order valence-corrected chi connectivity index (χ2v) is 6.87. The molecule has 0 saturated heterocycles. The standard InChI is InChI=1S/C20H27N5/c1-7-10-25-11-13(4)17-20(25)22-14(5)18(24-17)15-8-9-16(12(2)3)23-19(15)21-6/h8-9,11-12H,7,10H2,1-6H3,(H,21,23). The molecule has 3 rings (SSSR count). The number of hydrogen-bond acceptors (Lipinski definition) is 4. The van der Waals surface area contributed by atoms with E-state index in [0.29, 0.717) is 5.92 Å². The molecule has 0 aromatic carbocycles. The van der Waals surface area contributed by atoms with Crippen molar-refractivity contribution in [2.75, 3.05) is 12.4 Å². The Morgan fingerprint density at radius 3 is 2.52 bits per heavy atom. The average Bonchev–Trinajstić information content (AvgIpc) is 2.89. The molecule has 0 atom stereocenters. The zero-order valence-electron chi connectivity index (χ0n) is 16.0. The van der Waals surface area contributed by atoms with Gasteiger partial charge in [-0.3, -0.25) is 0 Å². The van der Waals surface area contributed by atoms with E-state index in [-0.39, 0.29) is 0 Å². The number of fused-ring (bicyclic) bond motifs is 1. The van der Waals surface area contributed by atoms with Crippen molar-refractivity contribution in [1.29, 1.82) is 0 Å². The number of aromatic nitrogens is 4. The molecular weight excluding hydrogens is 310 g/mol. The van der Waals surface area contributed by atoms with E-state index in [4.69, 9.17) is 15.0 Å². The van der Waals surface area contributed by atoms with E-state index < -0.39 is 0 Å². The van der Waals surface area contributed by atoms with E-state index in [0.717, 1.165) is 58.2 Å². The molecule has 0 aliphatic heterocycles. The fourth-order valence-corrected chi connectivity index (χ4v) is 3.17. The van der Waals surface area contributed by atoms with Gasteiger partial charge in [0.1, 0.15) is 11.3 Å². The van der Waals surface area contributed by atoms with Crippen LogP contribution in [0.5, 0.6) is 0 Å². The molecule has 0 unspecified atom stereocenters. The Morgan fingerprint density at radius 2 is 1.88 bits per heavy atom. The molecule has 0 fully saturated rings. The highest BCUT2D eigenvalue weighted by molar-refractivity contribution is 5.82. The van der Waals surface area contributed by atoms with E-state index >= 15 is 0 Å². The lowest BCUT2D eigenvalue weighted by Crippen LogP contribution is -2.04. The second kappa shape index (κ2) is 6.82. The molecule has 3 aromatic heterocycles. The Balaban J connectivity index is 2.19. The maximum atomic E-state index is 4.97. The summed E-state index contributed by atoms with van der Waals surface area (Å²) in [5.74, 6) is 1.25. The Labute approximate surface area is 149 Å². The summed E-state index contributed by atoms with van der Waals surface area (Å²) in [5.41, 5.74) is 7.01. The highest BCUT2D eigenvalue weighted by Gasteiger charge is 2.17. The van der Waals surface area contributed by atoms with Gasteiger partial charge in [-0.2, -0.15) is 0 Å². The first-order valence-electron chi connectivity index (χ1n) is 8.99. The van der Waals surface area contributed by atoms with Gasteiger partial charge >= 0.3 is 0 Å². The van der Waals surface area contributed by atoms with Gasteiger partial charge in [-0.15, -0.1) is 0 Å². The number of aryl methyl sites for hydroxylation is 3. The van der Waals surface area contributed by atoms with Crippen molar-refractivity contribution < 1.29 is 0 Å². The van der Waals surface area contributed by atoms with Crippen LogP contribution >= 0.6 is 0 Å². The monoisotopic (exact) mass is 337 g/mol.